The fourth-order valence-corrected chi connectivity index (χ4v) is 5.53. The molecule has 6 heteroatoms. The van der Waals surface area contributed by atoms with E-state index in [0.717, 1.165) is 17.9 Å². The van der Waals surface area contributed by atoms with Crippen LogP contribution in [0.4, 0.5) is 0 Å². The molecule has 1 aromatic rings. The normalized spacial score (nSPS) is 24.1. The van der Waals surface area contributed by atoms with Crippen molar-refractivity contribution >= 4 is 21.8 Å². The Hall–Kier alpha value is -0.560. The summed E-state index contributed by atoms with van der Waals surface area (Å²) in [5.74, 6) is 0.863. The van der Waals surface area contributed by atoms with Crippen molar-refractivity contribution in [3.63, 3.8) is 0 Å². The van der Waals surface area contributed by atoms with E-state index >= 15 is 0 Å². The molecule has 1 aromatic carbocycles. The first kappa shape index (κ1) is 16.8. The van der Waals surface area contributed by atoms with Crippen LogP contribution in [0.3, 0.4) is 0 Å². The molecule has 21 heavy (non-hydrogen) atoms. The predicted octanol–water partition coefficient (Wildman–Crippen LogP) is 2.31. The minimum Gasteiger partial charge on any atom is -0.313 e. The van der Waals surface area contributed by atoms with E-state index in [0.29, 0.717) is 23.2 Å². The van der Waals surface area contributed by atoms with Gasteiger partial charge < -0.3 is 5.32 Å². The van der Waals surface area contributed by atoms with E-state index in [1.54, 1.807) is 16.4 Å². The highest BCUT2D eigenvalue weighted by atomic mass is 32.2. The van der Waals surface area contributed by atoms with Crippen LogP contribution in [-0.2, 0) is 16.6 Å². The molecule has 1 fully saturated rings. The highest BCUT2D eigenvalue weighted by Gasteiger charge is 2.34. The Morgan fingerprint density at radius 3 is 2.86 bits per heavy atom. The first-order chi connectivity index (χ1) is 9.96. The zero-order chi connectivity index (χ0) is 15.5. The van der Waals surface area contributed by atoms with Gasteiger partial charge in [0, 0.05) is 30.1 Å². The van der Waals surface area contributed by atoms with E-state index in [2.05, 4.69) is 12.2 Å². The smallest absolute Gasteiger partial charge is 0.243 e. The molecule has 2 unspecified atom stereocenters. The number of rotatable bonds is 5. The summed E-state index contributed by atoms with van der Waals surface area (Å²) in [6, 6.07) is 7.30. The standard InChI is InChI=1S/C15H24N2O2S2/c1-4-16-11-14-6-5-7-15(10-14)21(18,19)17-8-9-20-13(3)12(17)2/h5-7,10,12-13,16H,4,8-9,11H2,1-3H3. The van der Waals surface area contributed by atoms with Crippen molar-refractivity contribution < 1.29 is 8.42 Å². The van der Waals surface area contributed by atoms with Crippen molar-refractivity contribution in [2.75, 3.05) is 18.8 Å². The van der Waals surface area contributed by atoms with E-state index < -0.39 is 10.0 Å². The minimum atomic E-state index is -3.40. The zero-order valence-electron chi connectivity index (χ0n) is 12.9. The third kappa shape index (κ3) is 3.80. The van der Waals surface area contributed by atoms with E-state index in [1.165, 1.54) is 0 Å². The van der Waals surface area contributed by atoms with Crippen molar-refractivity contribution in [3.8, 4) is 0 Å². The molecule has 0 aliphatic carbocycles. The Morgan fingerprint density at radius 2 is 2.14 bits per heavy atom. The second-order valence-corrected chi connectivity index (χ2v) is 8.74. The van der Waals surface area contributed by atoms with Crippen molar-refractivity contribution in [2.24, 2.45) is 0 Å². The number of thioether (sulfide) groups is 1. The third-order valence-electron chi connectivity index (χ3n) is 3.91. The van der Waals surface area contributed by atoms with Crippen molar-refractivity contribution in [1.82, 2.24) is 9.62 Å². The molecule has 1 saturated heterocycles. The van der Waals surface area contributed by atoms with Gasteiger partial charge in [0.25, 0.3) is 0 Å². The lowest BCUT2D eigenvalue weighted by Gasteiger charge is -2.36. The van der Waals surface area contributed by atoms with Crippen LogP contribution in [0.5, 0.6) is 0 Å². The summed E-state index contributed by atoms with van der Waals surface area (Å²) in [5, 5.41) is 3.56. The average molecular weight is 329 g/mol. The number of sulfonamides is 1. The van der Waals surface area contributed by atoms with Crippen LogP contribution in [-0.4, -0.2) is 42.9 Å². The predicted molar refractivity (Wildman–Crippen MR) is 89.1 cm³/mol. The summed E-state index contributed by atoms with van der Waals surface area (Å²) in [4.78, 5) is 0.406. The van der Waals surface area contributed by atoms with Gasteiger partial charge in [-0.2, -0.15) is 16.1 Å². The summed E-state index contributed by atoms with van der Waals surface area (Å²) < 4.78 is 27.4. The number of hydrogen-bond acceptors (Lipinski definition) is 4. The molecule has 4 nitrogen and oxygen atoms in total. The molecule has 2 atom stereocenters. The molecule has 0 amide bonds. The van der Waals surface area contributed by atoms with Gasteiger partial charge in [-0.1, -0.05) is 26.0 Å². The van der Waals surface area contributed by atoms with Crippen molar-refractivity contribution in [3.05, 3.63) is 29.8 Å². The van der Waals surface area contributed by atoms with Crippen LogP contribution >= 0.6 is 11.8 Å². The molecule has 0 spiro atoms. The lowest BCUT2D eigenvalue weighted by atomic mass is 10.2. The van der Waals surface area contributed by atoms with Crippen molar-refractivity contribution in [2.45, 2.75) is 43.5 Å². The van der Waals surface area contributed by atoms with Gasteiger partial charge in [0.2, 0.25) is 10.0 Å². The Labute approximate surface area is 132 Å². The van der Waals surface area contributed by atoms with Crippen LogP contribution in [0.15, 0.2) is 29.2 Å². The maximum absolute atomic E-state index is 12.9. The van der Waals surface area contributed by atoms with Gasteiger partial charge in [-0.05, 0) is 31.2 Å². The van der Waals surface area contributed by atoms with Crippen LogP contribution in [0.1, 0.15) is 26.3 Å². The molecule has 2 rings (SSSR count). The number of nitrogens with one attached hydrogen (secondary N) is 1. The summed E-state index contributed by atoms with van der Waals surface area (Å²) in [5.41, 5.74) is 1.00. The Kier molecular flexibility index (Phi) is 5.71. The molecule has 1 heterocycles. The van der Waals surface area contributed by atoms with Gasteiger partial charge >= 0.3 is 0 Å². The molecule has 118 valence electrons. The fourth-order valence-electron chi connectivity index (χ4n) is 2.47. The van der Waals surface area contributed by atoms with Crippen LogP contribution in [0, 0.1) is 0 Å². The summed E-state index contributed by atoms with van der Waals surface area (Å²) >= 11 is 1.84. The summed E-state index contributed by atoms with van der Waals surface area (Å²) in [6.45, 7) is 8.29. The highest BCUT2D eigenvalue weighted by Crippen LogP contribution is 2.29. The van der Waals surface area contributed by atoms with Gasteiger partial charge in [-0.25, -0.2) is 8.42 Å². The largest absolute Gasteiger partial charge is 0.313 e. The number of nitrogens with zero attached hydrogens (tertiary/aromatic N) is 1. The van der Waals surface area contributed by atoms with Gasteiger partial charge in [-0.15, -0.1) is 0 Å². The second kappa shape index (κ2) is 7.13. The molecule has 1 N–H and O–H groups in total. The minimum absolute atomic E-state index is 0.0335. The fraction of sp³-hybridized carbons (Fsp3) is 0.600. The molecule has 0 aromatic heterocycles. The number of hydrogen-bond donors (Lipinski definition) is 1. The van der Waals surface area contributed by atoms with E-state index in [-0.39, 0.29) is 6.04 Å². The Morgan fingerprint density at radius 1 is 1.38 bits per heavy atom. The van der Waals surface area contributed by atoms with Gasteiger partial charge in [0.15, 0.2) is 0 Å². The lowest BCUT2D eigenvalue weighted by molar-refractivity contribution is 0.340. The summed E-state index contributed by atoms with van der Waals surface area (Å²) in [7, 11) is -3.40. The van der Waals surface area contributed by atoms with E-state index in [1.807, 2.05) is 37.7 Å². The topological polar surface area (TPSA) is 49.4 Å². The average Bonchev–Trinajstić information content (AvgIpc) is 2.48. The molecule has 1 aliphatic rings. The molecule has 1 aliphatic heterocycles. The Bertz CT molecular complexity index is 575. The van der Waals surface area contributed by atoms with Crippen LogP contribution in [0.25, 0.3) is 0 Å². The molecule has 0 saturated carbocycles. The third-order valence-corrected chi connectivity index (χ3v) is 7.23. The summed E-state index contributed by atoms with van der Waals surface area (Å²) in [6.07, 6.45) is 0. The first-order valence-corrected chi connectivity index (χ1v) is 9.88. The highest BCUT2D eigenvalue weighted by molar-refractivity contribution is 8.00. The SMILES string of the molecule is CCNCc1cccc(S(=O)(=O)N2CCSC(C)C2C)c1. The molecule has 0 radical (unpaired) electrons. The Balaban J connectivity index is 2.26. The molecule has 0 bridgehead atoms. The van der Waals surface area contributed by atoms with Gasteiger partial charge in [0.05, 0.1) is 4.90 Å². The first-order valence-electron chi connectivity index (χ1n) is 7.40. The zero-order valence-corrected chi connectivity index (χ0v) is 14.5. The number of benzene rings is 1. The van der Waals surface area contributed by atoms with Gasteiger partial charge in [0.1, 0.15) is 0 Å². The lowest BCUT2D eigenvalue weighted by Crippen LogP contribution is -2.47. The van der Waals surface area contributed by atoms with Gasteiger partial charge in [-0.3, -0.25) is 0 Å². The monoisotopic (exact) mass is 328 g/mol. The maximum atomic E-state index is 12.9. The maximum Gasteiger partial charge on any atom is 0.243 e. The second-order valence-electron chi connectivity index (χ2n) is 5.36. The van der Waals surface area contributed by atoms with E-state index in [4.69, 9.17) is 0 Å². The molecular formula is C15H24N2O2S2. The quantitative estimate of drug-likeness (QED) is 0.901. The van der Waals surface area contributed by atoms with E-state index in [9.17, 15) is 8.42 Å². The van der Waals surface area contributed by atoms with Crippen LogP contribution in [0.2, 0.25) is 0 Å². The molecular weight excluding hydrogens is 304 g/mol. The van der Waals surface area contributed by atoms with Crippen LogP contribution < -0.4 is 5.32 Å². The van der Waals surface area contributed by atoms with Crippen molar-refractivity contribution in [1.29, 1.82) is 0 Å².